The van der Waals surface area contributed by atoms with Crippen molar-refractivity contribution in [3.8, 4) is 0 Å². The Bertz CT molecular complexity index is 633. The lowest BCUT2D eigenvalue weighted by atomic mass is 10.1. The molecule has 1 aromatic heterocycles. The van der Waals surface area contributed by atoms with Crippen LogP contribution in [0.5, 0.6) is 0 Å². The highest BCUT2D eigenvalue weighted by atomic mass is 35.5. The van der Waals surface area contributed by atoms with Crippen molar-refractivity contribution >= 4 is 29.2 Å². The molecule has 2 aromatic rings. The molecule has 0 bridgehead atoms. The molecule has 0 aliphatic carbocycles. The number of nitrogens with one attached hydrogen (secondary N) is 2. The molecule has 5 nitrogen and oxygen atoms in total. The minimum atomic E-state index is -4.48. The second kappa shape index (κ2) is 6.13. The molecule has 112 valence electrons. The number of anilines is 3. The van der Waals surface area contributed by atoms with Crippen molar-refractivity contribution in [2.75, 3.05) is 17.2 Å². The number of halogens is 4. The molecule has 2 N–H and O–H groups in total. The molecule has 0 aliphatic heterocycles. The third kappa shape index (κ3) is 3.94. The summed E-state index contributed by atoms with van der Waals surface area (Å²) in [7, 11) is 0. The zero-order valence-electron chi connectivity index (χ0n) is 10.9. The van der Waals surface area contributed by atoms with Gasteiger partial charge in [0.05, 0.1) is 11.3 Å². The molecule has 21 heavy (non-hydrogen) atoms. The van der Waals surface area contributed by atoms with E-state index in [-0.39, 0.29) is 22.9 Å². The number of alkyl halides is 3. The molecule has 0 fully saturated rings. The summed E-state index contributed by atoms with van der Waals surface area (Å²) >= 11 is 5.72. The molecule has 0 unspecified atom stereocenters. The smallest absolute Gasteiger partial charge is 0.354 e. The van der Waals surface area contributed by atoms with Crippen LogP contribution in [0.25, 0.3) is 0 Å². The Balaban J connectivity index is 2.35. The van der Waals surface area contributed by atoms with E-state index >= 15 is 0 Å². The van der Waals surface area contributed by atoms with Crippen LogP contribution in [-0.2, 0) is 6.18 Å². The van der Waals surface area contributed by atoms with Gasteiger partial charge in [-0.3, -0.25) is 0 Å². The number of hydrogen-bond donors (Lipinski definition) is 2. The maximum Gasteiger partial charge on any atom is 0.418 e. The number of aromatic nitrogens is 3. The van der Waals surface area contributed by atoms with E-state index in [1.54, 1.807) is 0 Å². The van der Waals surface area contributed by atoms with Gasteiger partial charge in [-0.05, 0) is 30.7 Å². The van der Waals surface area contributed by atoms with E-state index in [0.717, 1.165) is 6.07 Å². The zero-order valence-corrected chi connectivity index (χ0v) is 11.6. The largest absolute Gasteiger partial charge is 0.418 e. The number of nitrogens with zero attached hydrogens (tertiary/aromatic N) is 3. The van der Waals surface area contributed by atoms with Crippen LogP contribution < -0.4 is 10.6 Å². The van der Waals surface area contributed by atoms with E-state index < -0.39 is 11.7 Å². The van der Waals surface area contributed by atoms with E-state index in [1.807, 2.05) is 6.92 Å². The first-order valence-corrected chi connectivity index (χ1v) is 6.36. The Morgan fingerprint density at radius 2 is 1.76 bits per heavy atom. The van der Waals surface area contributed by atoms with E-state index in [1.165, 1.54) is 18.2 Å². The van der Waals surface area contributed by atoms with Crippen molar-refractivity contribution in [2.24, 2.45) is 0 Å². The molecule has 2 rings (SSSR count). The van der Waals surface area contributed by atoms with E-state index in [2.05, 4.69) is 25.6 Å². The highest BCUT2D eigenvalue weighted by Gasteiger charge is 2.33. The molecule has 1 aromatic carbocycles. The molecule has 0 atom stereocenters. The quantitative estimate of drug-likeness (QED) is 0.900. The summed E-state index contributed by atoms with van der Waals surface area (Å²) in [6.07, 6.45) is -4.48. The second-order valence-corrected chi connectivity index (χ2v) is 4.29. The lowest BCUT2D eigenvalue weighted by molar-refractivity contribution is -0.136. The third-order valence-corrected chi connectivity index (χ3v) is 2.59. The number of para-hydroxylation sites is 1. The van der Waals surface area contributed by atoms with Crippen molar-refractivity contribution in [3.05, 3.63) is 35.1 Å². The molecule has 0 aliphatic rings. The van der Waals surface area contributed by atoms with Crippen LogP contribution in [0.1, 0.15) is 12.5 Å². The van der Waals surface area contributed by atoms with Gasteiger partial charge in [-0.15, -0.1) is 0 Å². The van der Waals surface area contributed by atoms with E-state index in [4.69, 9.17) is 11.6 Å². The predicted octanol–water partition coefficient (Wildman–Crippen LogP) is 3.72. The van der Waals surface area contributed by atoms with E-state index in [9.17, 15) is 13.2 Å². The maximum atomic E-state index is 12.9. The molecule has 0 radical (unpaired) electrons. The van der Waals surface area contributed by atoms with Gasteiger partial charge in [-0.25, -0.2) is 0 Å². The minimum Gasteiger partial charge on any atom is -0.354 e. The molecule has 0 saturated carbocycles. The molecular formula is C12H11ClF3N5. The van der Waals surface area contributed by atoms with Crippen molar-refractivity contribution in [1.29, 1.82) is 0 Å². The monoisotopic (exact) mass is 317 g/mol. The highest BCUT2D eigenvalue weighted by Crippen LogP contribution is 2.35. The average Bonchev–Trinajstić information content (AvgIpc) is 2.37. The van der Waals surface area contributed by atoms with Gasteiger partial charge in [0.1, 0.15) is 0 Å². The Morgan fingerprint density at radius 1 is 1.10 bits per heavy atom. The summed E-state index contributed by atoms with van der Waals surface area (Å²) in [6.45, 7) is 2.36. The Kier molecular flexibility index (Phi) is 4.46. The molecule has 0 amide bonds. The highest BCUT2D eigenvalue weighted by molar-refractivity contribution is 6.28. The number of hydrogen-bond acceptors (Lipinski definition) is 5. The van der Waals surface area contributed by atoms with Gasteiger partial charge in [0, 0.05) is 6.54 Å². The average molecular weight is 318 g/mol. The molecule has 1 heterocycles. The maximum absolute atomic E-state index is 12.9. The van der Waals surface area contributed by atoms with Crippen LogP contribution in [0.3, 0.4) is 0 Å². The lowest BCUT2D eigenvalue weighted by Crippen LogP contribution is -2.11. The fraction of sp³-hybridized carbons (Fsp3) is 0.250. The standard InChI is InChI=1S/C12H11ClF3N5/c1-2-17-10-19-9(13)20-11(21-10)18-8-6-4-3-5-7(8)12(14,15)16/h3-6H,2H2,1H3,(H2,17,18,19,20,21). The fourth-order valence-corrected chi connectivity index (χ4v) is 1.76. The Morgan fingerprint density at radius 3 is 2.43 bits per heavy atom. The van der Waals surface area contributed by atoms with Gasteiger partial charge < -0.3 is 10.6 Å². The van der Waals surface area contributed by atoms with Gasteiger partial charge in [-0.1, -0.05) is 12.1 Å². The summed E-state index contributed by atoms with van der Waals surface area (Å²) in [5.74, 6) is 0.118. The van der Waals surface area contributed by atoms with Crippen LogP contribution in [-0.4, -0.2) is 21.5 Å². The summed E-state index contributed by atoms with van der Waals surface area (Å²) in [4.78, 5) is 11.5. The van der Waals surface area contributed by atoms with Crippen LogP contribution in [0.15, 0.2) is 24.3 Å². The van der Waals surface area contributed by atoms with Crippen molar-refractivity contribution in [2.45, 2.75) is 13.1 Å². The molecule has 9 heteroatoms. The summed E-state index contributed by atoms with van der Waals surface area (Å²) in [5, 5.41) is 5.20. The first-order chi connectivity index (χ1) is 9.90. The second-order valence-electron chi connectivity index (χ2n) is 3.95. The minimum absolute atomic E-state index is 0.0670. The predicted molar refractivity (Wildman–Crippen MR) is 73.7 cm³/mol. The Hall–Kier alpha value is -2.09. The van der Waals surface area contributed by atoms with Crippen molar-refractivity contribution in [3.63, 3.8) is 0 Å². The van der Waals surface area contributed by atoms with Gasteiger partial charge in [0.2, 0.25) is 17.2 Å². The molecule has 0 spiro atoms. The van der Waals surface area contributed by atoms with Gasteiger partial charge in [0.25, 0.3) is 0 Å². The van der Waals surface area contributed by atoms with Gasteiger partial charge >= 0.3 is 6.18 Å². The summed E-state index contributed by atoms with van der Waals surface area (Å²) in [5.41, 5.74) is -0.971. The lowest BCUT2D eigenvalue weighted by Gasteiger charge is -2.13. The Labute approximate surface area is 123 Å². The SMILES string of the molecule is CCNc1nc(Cl)nc(Nc2ccccc2C(F)(F)F)n1. The van der Waals surface area contributed by atoms with Crippen LogP contribution >= 0.6 is 11.6 Å². The van der Waals surface area contributed by atoms with Crippen LogP contribution in [0.4, 0.5) is 30.8 Å². The topological polar surface area (TPSA) is 62.7 Å². The zero-order chi connectivity index (χ0) is 15.5. The normalized spacial score (nSPS) is 11.3. The third-order valence-electron chi connectivity index (χ3n) is 2.42. The summed E-state index contributed by atoms with van der Waals surface area (Å²) < 4.78 is 38.7. The molecular weight excluding hydrogens is 307 g/mol. The first kappa shape index (κ1) is 15.3. The summed E-state index contributed by atoms with van der Waals surface area (Å²) in [6, 6.07) is 5.04. The van der Waals surface area contributed by atoms with Crippen molar-refractivity contribution < 1.29 is 13.2 Å². The van der Waals surface area contributed by atoms with Crippen LogP contribution in [0.2, 0.25) is 5.28 Å². The number of rotatable bonds is 4. The van der Waals surface area contributed by atoms with Gasteiger partial charge in [-0.2, -0.15) is 28.1 Å². The van der Waals surface area contributed by atoms with Crippen molar-refractivity contribution in [1.82, 2.24) is 15.0 Å². The van der Waals surface area contributed by atoms with E-state index in [0.29, 0.717) is 6.54 Å². The van der Waals surface area contributed by atoms with Crippen LogP contribution in [0, 0.1) is 0 Å². The first-order valence-electron chi connectivity index (χ1n) is 5.99. The molecule has 0 saturated heterocycles. The fourth-order valence-electron chi connectivity index (χ4n) is 1.60. The number of benzene rings is 1. The van der Waals surface area contributed by atoms with Gasteiger partial charge in [0.15, 0.2) is 0 Å².